The van der Waals surface area contributed by atoms with Gasteiger partial charge >= 0.3 is 0 Å². The fraction of sp³-hybridized carbons (Fsp3) is 0.381. The van der Waals surface area contributed by atoms with Crippen LogP contribution in [0.4, 0.5) is 0 Å². The molecule has 0 bridgehead atoms. The van der Waals surface area contributed by atoms with Crippen LogP contribution in [0.1, 0.15) is 31.2 Å². The van der Waals surface area contributed by atoms with E-state index in [9.17, 15) is 4.79 Å². The van der Waals surface area contributed by atoms with Crippen molar-refractivity contribution >= 4 is 5.91 Å². The van der Waals surface area contributed by atoms with E-state index in [0.29, 0.717) is 12.3 Å². The lowest BCUT2D eigenvalue weighted by molar-refractivity contribution is -0.123. The molecule has 0 aliphatic heterocycles. The Morgan fingerprint density at radius 1 is 1.00 bits per heavy atom. The normalized spacial score (nSPS) is 15.6. The van der Waals surface area contributed by atoms with Gasteiger partial charge in [0.25, 0.3) is 5.91 Å². The maximum atomic E-state index is 12.2. The van der Waals surface area contributed by atoms with Crippen LogP contribution in [0, 0.1) is 0 Å². The van der Waals surface area contributed by atoms with Crippen molar-refractivity contribution < 1.29 is 14.3 Å². The molecule has 4 heteroatoms. The molecule has 2 aromatic carbocycles. The lowest BCUT2D eigenvalue weighted by Gasteiger charge is -2.30. The zero-order chi connectivity index (χ0) is 17.5. The first-order valence-corrected chi connectivity index (χ1v) is 8.81. The van der Waals surface area contributed by atoms with Gasteiger partial charge in [0.1, 0.15) is 11.5 Å². The van der Waals surface area contributed by atoms with Crippen LogP contribution in [-0.4, -0.2) is 26.2 Å². The Bertz CT molecular complexity index is 676. The number of nitrogens with one attached hydrogen (secondary N) is 1. The molecule has 2 aromatic rings. The van der Waals surface area contributed by atoms with Crippen LogP contribution in [0.2, 0.25) is 0 Å². The molecule has 1 amide bonds. The molecule has 1 aliphatic rings. The maximum absolute atomic E-state index is 12.2. The summed E-state index contributed by atoms with van der Waals surface area (Å²) in [5.74, 6) is 1.34. The lowest BCUT2D eigenvalue weighted by Crippen LogP contribution is -2.40. The zero-order valence-electron chi connectivity index (χ0n) is 14.7. The van der Waals surface area contributed by atoms with Crippen LogP contribution in [0.5, 0.6) is 11.5 Å². The van der Waals surface area contributed by atoms with Crippen molar-refractivity contribution in [1.29, 1.82) is 0 Å². The van der Waals surface area contributed by atoms with Crippen LogP contribution < -0.4 is 14.8 Å². The van der Waals surface area contributed by atoms with Crippen molar-refractivity contribution in [3.63, 3.8) is 0 Å². The van der Waals surface area contributed by atoms with Crippen molar-refractivity contribution in [2.75, 3.05) is 20.3 Å². The van der Waals surface area contributed by atoms with E-state index in [0.717, 1.165) is 18.6 Å². The van der Waals surface area contributed by atoms with Crippen LogP contribution >= 0.6 is 0 Å². The molecule has 0 aromatic heterocycles. The Hall–Kier alpha value is -2.49. The van der Waals surface area contributed by atoms with E-state index >= 15 is 0 Å². The Balaban J connectivity index is 1.53. The lowest BCUT2D eigenvalue weighted by atomic mass is 9.79. The zero-order valence-corrected chi connectivity index (χ0v) is 14.7. The SMILES string of the molecule is COc1ccc(OCC(=O)NCC2(c3ccccc3)CCCC2)cc1. The predicted octanol–water partition coefficient (Wildman–Crippen LogP) is 3.70. The number of methoxy groups -OCH3 is 1. The smallest absolute Gasteiger partial charge is 0.257 e. The van der Waals surface area contributed by atoms with E-state index in [1.807, 2.05) is 18.2 Å². The van der Waals surface area contributed by atoms with Gasteiger partial charge in [-0.15, -0.1) is 0 Å². The number of hydrogen-bond acceptors (Lipinski definition) is 3. The van der Waals surface area contributed by atoms with Crippen LogP contribution in [0.3, 0.4) is 0 Å². The molecule has 1 saturated carbocycles. The number of rotatable bonds is 7. The molecule has 0 radical (unpaired) electrons. The first kappa shape index (κ1) is 17.3. The summed E-state index contributed by atoms with van der Waals surface area (Å²) < 4.78 is 10.7. The molecule has 4 nitrogen and oxygen atoms in total. The van der Waals surface area contributed by atoms with E-state index in [-0.39, 0.29) is 17.9 Å². The van der Waals surface area contributed by atoms with Gasteiger partial charge in [-0.3, -0.25) is 4.79 Å². The second-order valence-electron chi connectivity index (χ2n) is 6.59. The summed E-state index contributed by atoms with van der Waals surface area (Å²) in [7, 11) is 1.62. The van der Waals surface area contributed by atoms with Gasteiger partial charge in [-0.05, 0) is 42.7 Å². The highest BCUT2D eigenvalue weighted by Crippen LogP contribution is 2.40. The quantitative estimate of drug-likeness (QED) is 0.837. The maximum Gasteiger partial charge on any atom is 0.257 e. The predicted molar refractivity (Wildman–Crippen MR) is 98.1 cm³/mol. The van der Waals surface area contributed by atoms with Crippen molar-refractivity contribution in [3.05, 3.63) is 60.2 Å². The Labute approximate surface area is 149 Å². The Morgan fingerprint density at radius 3 is 2.28 bits per heavy atom. The largest absolute Gasteiger partial charge is 0.497 e. The third-order valence-electron chi connectivity index (χ3n) is 5.00. The number of carbonyl (C=O) groups excluding carboxylic acids is 1. The fourth-order valence-electron chi connectivity index (χ4n) is 3.55. The van der Waals surface area contributed by atoms with Crippen molar-refractivity contribution in [3.8, 4) is 11.5 Å². The second kappa shape index (κ2) is 8.06. The van der Waals surface area contributed by atoms with Gasteiger partial charge < -0.3 is 14.8 Å². The second-order valence-corrected chi connectivity index (χ2v) is 6.59. The standard InChI is InChI=1S/C21H25NO3/c1-24-18-9-11-19(12-10-18)25-15-20(23)22-16-21(13-5-6-14-21)17-7-3-2-4-8-17/h2-4,7-12H,5-6,13-16H2,1H3,(H,22,23). The summed E-state index contributed by atoms with van der Waals surface area (Å²) in [4.78, 5) is 12.2. The molecule has 1 fully saturated rings. The summed E-state index contributed by atoms with van der Waals surface area (Å²) in [6, 6.07) is 17.8. The van der Waals surface area contributed by atoms with Gasteiger partial charge in [-0.1, -0.05) is 43.2 Å². The minimum atomic E-state index is -0.0852. The van der Waals surface area contributed by atoms with Gasteiger partial charge in [0.15, 0.2) is 6.61 Å². The van der Waals surface area contributed by atoms with E-state index in [4.69, 9.17) is 9.47 Å². The van der Waals surface area contributed by atoms with E-state index < -0.39 is 0 Å². The molecular weight excluding hydrogens is 314 g/mol. The molecule has 25 heavy (non-hydrogen) atoms. The number of carbonyl (C=O) groups is 1. The monoisotopic (exact) mass is 339 g/mol. The summed E-state index contributed by atoms with van der Waals surface area (Å²) in [5, 5.41) is 3.07. The summed E-state index contributed by atoms with van der Waals surface area (Å²) in [5.41, 5.74) is 1.39. The van der Waals surface area contributed by atoms with Gasteiger partial charge in [0.2, 0.25) is 0 Å². The average molecular weight is 339 g/mol. The first-order chi connectivity index (χ1) is 12.2. The van der Waals surface area contributed by atoms with Crippen LogP contribution in [-0.2, 0) is 10.2 Å². The number of ether oxygens (including phenoxy) is 2. The molecule has 0 unspecified atom stereocenters. The van der Waals surface area contributed by atoms with Crippen molar-refractivity contribution in [2.24, 2.45) is 0 Å². The van der Waals surface area contributed by atoms with Gasteiger partial charge in [-0.25, -0.2) is 0 Å². The number of amides is 1. The van der Waals surface area contributed by atoms with E-state index in [1.165, 1.54) is 18.4 Å². The minimum absolute atomic E-state index is 0.0250. The fourth-order valence-corrected chi connectivity index (χ4v) is 3.55. The molecule has 0 saturated heterocycles. The third-order valence-corrected chi connectivity index (χ3v) is 5.00. The molecule has 0 spiro atoms. The molecule has 1 aliphatic carbocycles. The highest BCUT2D eigenvalue weighted by molar-refractivity contribution is 5.77. The van der Waals surface area contributed by atoms with E-state index in [2.05, 4.69) is 29.6 Å². The number of benzene rings is 2. The molecule has 0 heterocycles. The molecule has 1 N–H and O–H groups in total. The molecule has 0 atom stereocenters. The summed E-state index contributed by atoms with van der Waals surface area (Å²) >= 11 is 0. The van der Waals surface area contributed by atoms with Gasteiger partial charge in [0.05, 0.1) is 7.11 Å². The van der Waals surface area contributed by atoms with Crippen LogP contribution in [0.25, 0.3) is 0 Å². The Kier molecular flexibility index (Phi) is 5.59. The molecule has 3 rings (SSSR count). The number of hydrogen-bond donors (Lipinski definition) is 1. The summed E-state index contributed by atoms with van der Waals surface area (Å²) in [6.45, 7) is 0.693. The topological polar surface area (TPSA) is 47.6 Å². The minimum Gasteiger partial charge on any atom is -0.497 e. The van der Waals surface area contributed by atoms with Crippen LogP contribution in [0.15, 0.2) is 54.6 Å². The van der Waals surface area contributed by atoms with E-state index in [1.54, 1.807) is 19.2 Å². The highest BCUT2D eigenvalue weighted by atomic mass is 16.5. The Morgan fingerprint density at radius 2 is 1.64 bits per heavy atom. The van der Waals surface area contributed by atoms with Crippen molar-refractivity contribution in [1.82, 2.24) is 5.32 Å². The van der Waals surface area contributed by atoms with Gasteiger partial charge in [-0.2, -0.15) is 0 Å². The highest BCUT2D eigenvalue weighted by Gasteiger charge is 2.35. The van der Waals surface area contributed by atoms with Crippen molar-refractivity contribution in [2.45, 2.75) is 31.1 Å². The third kappa shape index (κ3) is 4.32. The molecular formula is C21H25NO3. The average Bonchev–Trinajstić information content (AvgIpc) is 3.16. The summed E-state index contributed by atoms with van der Waals surface area (Å²) in [6.07, 6.45) is 4.67. The van der Waals surface area contributed by atoms with Gasteiger partial charge in [0, 0.05) is 12.0 Å². The first-order valence-electron chi connectivity index (χ1n) is 8.81. The molecule has 132 valence electrons.